The number of benzene rings is 1. The molecule has 0 atom stereocenters. The average molecular weight is 290 g/mol. The molecule has 1 aromatic carbocycles. The predicted octanol–water partition coefficient (Wildman–Crippen LogP) is 4.83. The molecule has 0 heterocycles. The Balaban J connectivity index is 2.84. The van der Waals surface area contributed by atoms with E-state index in [1.807, 2.05) is 13.0 Å². The highest BCUT2D eigenvalue weighted by Crippen LogP contribution is 2.24. The second kappa shape index (κ2) is 8.06. The third-order valence-corrected chi connectivity index (χ3v) is 3.43. The van der Waals surface area contributed by atoms with Gasteiger partial charge in [-0.3, -0.25) is 4.79 Å². The van der Waals surface area contributed by atoms with Gasteiger partial charge < -0.3 is 10.6 Å². The van der Waals surface area contributed by atoms with Crippen LogP contribution in [0.3, 0.4) is 0 Å². The highest BCUT2D eigenvalue weighted by Gasteiger charge is 2.13. The molecule has 1 rings (SSSR count). The fourth-order valence-electron chi connectivity index (χ4n) is 2.62. The summed E-state index contributed by atoms with van der Waals surface area (Å²) in [4.78, 5) is 11.3. The normalized spacial score (nSPS) is 11.3. The standard InChI is InChI=1S/C18H30N2O/c1-12(2)9-17(10-13(3)4)20-16-8-7-14(5)18(11-16)19-15(6)21/h7-8,11-13,17,20H,9-10H2,1-6H3,(H,19,21). The first-order valence-electron chi connectivity index (χ1n) is 7.92. The summed E-state index contributed by atoms with van der Waals surface area (Å²) in [5.41, 5.74) is 3.05. The van der Waals surface area contributed by atoms with Crippen LogP contribution in [0.15, 0.2) is 18.2 Å². The molecule has 1 amide bonds. The van der Waals surface area contributed by atoms with Gasteiger partial charge in [-0.1, -0.05) is 33.8 Å². The van der Waals surface area contributed by atoms with E-state index in [4.69, 9.17) is 0 Å². The predicted molar refractivity (Wildman–Crippen MR) is 91.8 cm³/mol. The van der Waals surface area contributed by atoms with E-state index >= 15 is 0 Å². The average Bonchev–Trinajstić information content (AvgIpc) is 2.31. The highest BCUT2D eigenvalue weighted by molar-refractivity contribution is 5.90. The zero-order valence-corrected chi connectivity index (χ0v) is 14.3. The summed E-state index contributed by atoms with van der Waals surface area (Å²) >= 11 is 0. The second-order valence-electron chi connectivity index (χ2n) is 6.81. The molecule has 0 saturated heterocycles. The van der Waals surface area contributed by atoms with E-state index in [0.29, 0.717) is 17.9 Å². The highest BCUT2D eigenvalue weighted by atomic mass is 16.1. The third kappa shape index (κ3) is 6.65. The molecule has 3 nitrogen and oxygen atoms in total. The molecule has 0 aliphatic rings. The molecular formula is C18H30N2O. The van der Waals surface area contributed by atoms with Crippen molar-refractivity contribution in [3.05, 3.63) is 23.8 Å². The summed E-state index contributed by atoms with van der Waals surface area (Å²) in [5, 5.41) is 6.52. The first-order chi connectivity index (χ1) is 9.77. The van der Waals surface area contributed by atoms with Crippen molar-refractivity contribution in [3.63, 3.8) is 0 Å². The molecule has 21 heavy (non-hydrogen) atoms. The number of hydrogen-bond donors (Lipinski definition) is 2. The first kappa shape index (κ1) is 17.5. The number of rotatable bonds is 7. The minimum absolute atomic E-state index is 0.0313. The molecular weight excluding hydrogens is 260 g/mol. The zero-order chi connectivity index (χ0) is 16.0. The maximum atomic E-state index is 11.3. The van der Waals surface area contributed by atoms with Crippen LogP contribution in [-0.2, 0) is 4.79 Å². The Kier molecular flexibility index (Phi) is 6.73. The van der Waals surface area contributed by atoms with E-state index in [0.717, 1.165) is 29.8 Å². The number of carbonyl (C=O) groups is 1. The van der Waals surface area contributed by atoms with Gasteiger partial charge in [-0.05, 0) is 49.3 Å². The smallest absolute Gasteiger partial charge is 0.221 e. The van der Waals surface area contributed by atoms with Crippen molar-refractivity contribution in [2.45, 2.75) is 60.4 Å². The fraction of sp³-hybridized carbons (Fsp3) is 0.611. The van der Waals surface area contributed by atoms with Gasteiger partial charge in [0.25, 0.3) is 0 Å². The number of amides is 1. The number of aryl methyl sites for hydroxylation is 1. The third-order valence-electron chi connectivity index (χ3n) is 3.43. The lowest BCUT2D eigenvalue weighted by atomic mass is 9.95. The maximum absolute atomic E-state index is 11.3. The van der Waals surface area contributed by atoms with Crippen LogP contribution in [-0.4, -0.2) is 11.9 Å². The Morgan fingerprint density at radius 1 is 1.10 bits per heavy atom. The summed E-state index contributed by atoms with van der Waals surface area (Å²) in [7, 11) is 0. The van der Waals surface area contributed by atoms with Gasteiger partial charge in [-0.25, -0.2) is 0 Å². The molecule has 0 aromatic heterocycles. The van der Waals surface area contributed by atoms with Crippen LogP contribution in [0.2, 0.25) is 0 Å². The zero-order valence-electron chi connectivity index (χ0n) is 14.3. The van der Waals surface area contributed by atoms with Crippen LogP contribution in [0.25, 0.3) is 0 Å². The van der Waals surface area contributed by atoms with Gasteiger partial charge in [0.1, 0.15) is 0 Å². The number of anilines is 2. The molecule has 118 valence electrons. The van der Waals surface area contributed by atoms with Crippen LogP contribution in [0.4, 0.5) is 11.4 Å². The van der Waals surface area contributed by atoms with Crippen LogP contribution in [0.1, 0.15) is 53.0 Å². The van der Waals surface area contributed by atoms with E-state index in [-0.39, 0.29) is 5.91 Å². The molecule has 0 fully saturated rings. The lowest BCUT2D eigenvalue weighted by Gasteiger charge is -2.24. The quantitative estimate of drug-likeness (QED) is 0.755. The molecule has 0 unspecified atom stereocenters. The molecule has 0 aliphatic carbocycles. The molecule has 0 radical (unpaired) electrons. The van der Waals surface area contributed by atoms with Crippen LogP contribution >= 0.6 is 0 Å². The lowest BCUT2D eigenvalue weighted by molar-refractivity contribution is -0.114. The second-order valence-corrected chi connectivity index (χ2v) is 6.81. The van der Waals surface area contributed by atoms with Gasteiger partial charge in [0.2, 0.25) is 5.91 Å². The van der Waals surface area contributed by atoms with Crippen molar-refractivity contribution in [1.82, 2.24) is 0 Å². The molecule has 0 saturated carbocycles. The topological polar surface area (TPSA) is 41.1 Å². The summed E-state index contributed by atoms with van der Waals surface area (Å²) in [6, 6.07) is 6.64. The summed E-state index contributed by atoms with van der Waals surface area (Å²) in [6.07, 6.45) is 2.31. The van der Waals surface area contributed by atoms with Crippen molar-refractivity contribution in [3.8, 4) is 0 Å². The van der Waals surface area contributed by atoms with E-state index in [9.17, 15) is 4.79 Å². The van der Waals surface area contributed by atoms with Gasteiger partial charge in [-0.15, -0.1) is 0 Å². The number of hydrogen-bond acceptors (Lipinski definition) is 2. The number of nitrogens with one attached hydrogen (secondary N) is 2. The van der Waals surface area contributed by atoms with Gasteiger partial charge in [0.05, 0.1) is 0 Å². The van der Waals surface area contributed by atoms with E-state index in [2.05, 4.69) is 50.5 Å². The van der Waals surface area contributed by atoms with Crippen LogP contribution in [0, 0.1) is 18.8 Å². The molecule has 0 bridgehead atoms. The molecule has 3 heteroatoms. The minimum Gasteiger partial charge on any atom is -0.382 e. The van der Waals surface area contributed by atoms with Gasteiger partial charge in [-0.2, -0.15) is 0 Å². The minimum atomic E-state index is -0.0313. The van der Waals surface area contributed by atoms with Crippen LogP contribution < -0.4 is 10.6 Å². The van der Waals surface area contributed by atoms with Gasteiger partial charge in [0, 0.05) is 24.3 Å². The monoisotopic (exact) mass is 290 g/mol. The van der Waals surface area contributed by atoms with Crippen LogP contribution in [0.5, 0.6) is 0 Å². The molecule has 2 N–H and O–H groups in total. The van der Waals surface area contributed by atoms with E-state index < -0.39 is 0 Å². The Morgan fingerprint density at radius 3 is 2.14 bits per heavy atom. The Hall–Kier alpha value is -1.51. The molecule has 0 aliphatic heterocycles. The largest absolute Gasteiger partial charge is 0.382 e. The van der Waals surface area contributed by atoms with E-state index in [1.165, 1.54) is 0 Å². The molecule has 0 spiro atoms. The summed E-state index contributed by atoms with van der Waals surface area (Å²) in [5.74, 6) is 1.30. The van der Waals surface area contributed by atoms with Crippen molar-refractivity contribution in [1.29, 1.82) is 0 Å². The number of carbonyl (C=O) groups excluding carboxylic acids is 1. The van der Waals surface area contributed by atoms with Crippen molar-refractivity contribution in [2.75, 3.05) is 10.6 Å². The van der Waals surface area contributed by atoms with Gasteiger partial charge >= 0.3 is 0 Å². The summed E-state index contributed by atoms with van der Waals surface area (Å²) < 4.78 is 0. The summed E-state index contributed by atoms with van der Waals surface area (Å²) in [6.45, 7) is 12.6. The van der Waals surface area contributed by atoms with E-state index in [1.54, 1.807) is 6.92 Å². The van der Waals surface area contributed by atoms with Crippen molar-refractivity contribution >= 4 is 17.3 Å². The maximum Gasteiger partial charge on any atom is 0.221 e. The van der Waals surface area contributed by atoms with Crippen molar-refractivity contribution < 1.29 is 4.79 Å². The first-order valence-corrected chi connectivity index (χ1v) is 7.92. The lowest BCUT2D eigenvalue weighted by Crippen LogP contribution is -2.23. The Morgan fingerprint density at radius 2 is 1.67 bits per heavy atom. The Bertz CT molecular complexity index is 456. The fourth-order valence-corrected chi connectivity index (χ4v) is 2.62. The van der Waals surface area contributed by atoms with Gasteiger partial charge in [0.15, 0.2) is 0 Å². The van der Waals surface area contributed by atoms with Crippen molar-refractivity contribution in [2.24, 2.45) is 11.8 Å². The Labute approximate surface area is 129 Å². The SMILES string of the molecule is CC(=O)Nc1cc(NC(CC(C)C)CC(C)C)ccc1C. The molecule has 1 aromatic rings.